The lowest BCUT2D eigenvalue weighted by atomic mass is 9.99. The molecular weight excluding hydrogens is 198 g/mol. The fourth-order valence-electron chi connectivity index (χ4n) is 2.71. The van der Waals surface area contributed by atoms with Gasteiger partial charge in [0, 0.05) is 31.2 Å². The monoisotopic (exact) mass is 223 g/mol. The van der Waals surface area contributed by atoms with E-state index in [1.165, 1.54) is 0 Å². The van der Waals surface area contributed by atoms with Gasteiger partial charge in [-0.25, -0.2) is 0 Å². The second-order valence-electron chi connectivity index (χ2n) is 6.17. The van der Waals surface area contributed by atoms with Crippen molar-refractivity contribution in [3.8, 4) is 6.07 Å². The number of nitriles is 1. The molecule has 1 aliphatic rings. The van der Waals surface area contributed by atoms with E-state index in [9.17, 15) is 0 Å². The zero-order valence-corrected chi connectivity index (χ0v) is 11.3. The number of likely N-dealkylation sites (N-methyl/N-ethyl adjacent to an activating group) is 1. The summed E-state index contributed by atoms with van der Waals surface area (Å²) in [6, 6.07) is 2.71. The number of nitrogens with zero attached hydrogens (tertiary/aromatic N) is 3. The van der Waals surface area contributed by atoms with Gasteiger partial charge in [0.2, 0.25) is 0 Å². The van der Waals surface area contributed by atoms with Crippen LogP contribution < -0.4 is 0 Å². The summed E-state index contributed by atoms with van der Waals surface area (Å²) in [5.74, 6) is 0.674. The van der Waals surface area contributed by atoms with Crippen LogP contribution in [0, 0.1) is 17.2 Å². The Labute approximate surface area is 100 Å². The fourth-order valence-corrected chi connectivity index (χ4v) is 2.71. The van der Waals surface area contributed by atoms with Crippen LogP contribution >= 0.6 is 0 Å². The molecular formula is C13H25N3. The van der Waals surface area contributed by atoms with Crippen molar-refractivity contribution in [2.24, 2.45) is 5.92 Å². The molecule has 1 fully saturated rings. The Hall–Kier alpha value is -0.590. The predicted molar refractivity (Wildman–Crippen MR) is 67.1 cm³/mol. The Kier molecular flexibility index (Phi) is 4.35. The lowest BCUT2D eigenvalue weighted by Gasteiger charge is -2.40. The van der Waals surface area contributed by atoms with Crippen LogP contribution in [0.3, 0.4) is 0 Å². The van der Waals surface area contributed by atoms with Crippen molar-refractivity contribution < 1.29 is 0 Å². The van der Waals surface area contributed by atoms with E-state index in [4.69, 9.17) is 5.26 Å². The Morgan fingerprint density at radius 1 is 1.25 bits per heavy atom. The maximum absolute atomic E-state index is 8.95. The van der Waals surface area contributed by atoms with Crippen LogP contribution in [0.2, 0.25) is 0 Å². The number of hydrogen-bond acceptors (Lipinski definition) is 3. The van der Waals surface area contributed by atoms with Gasteiger partial charge in [-0.3, -0.25) is 4.90 Å². The predicted octanol–water partition coefficient (Wildman–Crippen LogP) is 1.95. The van der Waals surface area contributed by atoms with Crippen molar-refractivity contribution in [1.29, 1.82) is 5.26 Å². The van der Waals surface area contributed by atoms with E-state index in [2.05, 4.69) is 50.6 Å². The van der Waals surface area contributed by atoms with E-state index in [0.717, 1.165) is 19.6 Å². The molecule has 1 heterocycles. The van der Waals surface area contributed by atoms with Crippen molar-refractivity contribution in [3.05, 3.63) is 0 Å². The molecule has 0 spiro atoms. The van der Waals surface area contributed by atoms with Gasteiger partial charge in [-0.05, 0) is 33.7 Å². The molecule has 0 bridgehead atoms. The Balaban J connectivity index is 2.86. The fraction of sp³-hybridized carbons (Fsp3) is 0.923. The van der Waals surface area contributed by atoms with Crippen molar-refractivity contribution in [3.63, 3.8) is 0 Å². The molecule has 0 aromatic heterocycles. The van der Waals surface area contributed by atoms with Crippen LogP contribution in [0.15, 0.2) is 0 Å². The molecule has 0 amide bonds. The van der Waals surface area contributed by atoms with Gasteiger partial charge < -0.3 is 4.90 Å². The average molecular weight is 223 g/mol. The second kappa shape index (κ2) is 5.16. The van der Waals surface area contributed by atoms with Crippen molar-refractivity contribution >= 4 is 0 Å². The molecule has 1 aliphatic heterocycles. The molecule has 1 saturated heterocycles. The maximum atomic E-state index is 8.95. The highest BCUT2D eigenvalue weighted by atomic mass is 15.3. The molecule has 3 nitrogen and oxygen atoms in total. The van der Waals surface area contributed by atoms with Crippen LogP contribution in [0.4, 0.5) is 0 Å². The van der Waals surface area contributed by atoms with Gasteiger partial charge in [0.1, 0.15) is 0 Å². The van der Waals surface area contributed by atoms with Gasteiger partial charge in [-0.1, -0.05) is 6.92 Å². The summed E-state index contributed by atoms with van der Waals surface area (Å²) in [7, 11) is 2.16. The summed E-state index contributed by atoms with van der Waals surface area (Å²) in [6.07, 6.45) is 0.633. The van der Waals surface area contributed by atoms with Crippen molar-refractivity contribution in [2.45, 2.75) is 45.7 Å². The molecule has 2 atom stereocenters. The summed E-state index contributed by atoms with van der Waals surface area (Å²) in [5, 5.41) is 8.95. The van der Waals surface area contributed by atoms with Gasteiger partial charge in [-0.15, -0.1) is 0 Å². The minimum absolute atomic E-state index is 0.154. The zero-order valence-electron chi connectivity index (χ0n) is 11.3. The van der Waals surface area contributed by atoms with E-state index in [0.29, 0.717) is 18.4 Å². The van der Waals surface area contributed by atoms with E-state index < -0.39 is 0 Å². The summed E-state index contributed by atoms with van der Waals surface area (Å²) in [4.78, 5) is 4.86. The lowest BCUT2D eigenvalue weighted by molar-refractivity contribution is 0.0774. The second-order valence-corrected chi connectivity index (χ2v) is 6.17. The quantitative estimate of drug-likeness (QED) is 0.680. The van der Waals surface area contributed by atoms with Crippen molar-refractivity contribution in [2.75, 3.05) is 26.7 Å². The number of rotatable bonds is 1. The topological polar surface area (TPSA) is 30.3 Å². The molecule has 2 unspecified atom stereocenters. The third kappa shape index (κ3) is 3.47. The third-order valence-corrected chi connectivity index (χ3v) is 3.28. The van der Waals surface area contributed by atoms with Gasteiger partial charge in [0.05, 0.1) is 12.5 Å². The number of hydrogen-bond donors (Lipinski definition) is 0. The molecule has 3 heteroatoms. The zero-order chi connectivity index (χ0) is 12.3. The lowest BCUT2D eigenvalue weighted by Crippen LogP contribution is -2.50. The minimum atomic E-state index is 0.154. The summed E-state index contributed by atoms with van der Waals surface area (Å²) >= 11 is 0. The van der Waals surface area contributed by atoms with E-state index >= 15 is 0 Å². The smallest absolute Gasteiger partial charge is 0.0638 e. The van der Waals surface area contributed by atoms with Crippen LogP contribution in [0.1, 0.15) is 34.1 Å². The molecule has 16 heavy (non-hydrogen) atoms. The first-order valence-electron chi connectivity index (χ1n) is 6.17. The third-order valence-electron chi connectivity index (χ3n) is 3.28. The minimum Gasteiger partial charge on any atom is -0.304 e. The largest absolute Gasteiger partial charge is 0.304 e. The summed E-state index contributed by atoms with van der Waals surface area (Å²) in [6.45, 7) is 12.3. The molecule has 0 aromatic rings. The normalized spacial score (nSPS) is 29.8. The Morgan fingerprint density at radius 2 is 1.88 bits per heavy atom. The molecule has 0 aliphatic carbocycles. The van der Waals surface area contributed by atoms with Crippen LogP contribution in [-0.2, 0) is 0 Å². The van der Waals surface area contributed by atoms with Crippen LogP contribution in [0.25, 0.3) is 0 Å². The first kappa shape index (κ1) is 13.5. The van der Waals surface area contributed by atoms with Gasteiger partial charge in [0.25, 0.3) is 0 Å². The van der Waals surface area contributed by atoms with Crippen LogP contribution in [0.5, 0.6) is 0 Å². The molecule has 0 N–H and O–H groups in total. The van der Waals surface area contributed by atoms with Crippen LogP contribution in [-0.4, -0.2) is 48.1 Å². The average Bonchev–Trinajstić information content (AvgIpc) is 2.24. The van der Waals surface area contributed by atoms with E-state index in [1.54, 1.807) is 0 Å². The molecule has 1 rings (SSSR count). The molecule has 0 saturated carbocycles. The summed E-state index contributed by atoms with van der Waals surface area (Å²) < 4.78 is 0. The molecule has 92 valence electrons. The highest BCUT2D eigenvalue weighted by Crippen LogP contribution is 2.24. The summed E-state index contributed by atoms with van der Waals surface area (Å²) in [5.41, 5.74) is 0.154. The van der Waals surface area contributed by atoms with E-state index in [1.807, 2.05) is 0 Å². The van der Waals surface area contributed by atoms with Gasteiger partial charge in [0.15, 0.2) is 0 Å². The van der Waals surface area contributed by atoms with E-state index in [-0.39, 0.29) is 5.54 Å². The Bertz CT molecular complexity index is 261. The molecule has 0 radical (unpaired) electrons. The molecule has 0 aromatic carbocycles. The Morgan fingerprint density at radius 3 is 2.38 bits per heavy atom. The first-order valence-corrected chi connectivity index (χ1v) is 6.17. The highest BCUT2D eigenvalue weighted by Gasteiger charge is 2.33. The standard InChI is InChI=1S/C13H25N3/c1-11-8-15(5)10-12(6-7-14)16(9-11)13(2,3)4/h11-12H,6,8-10H2,1-5H3. The highest BCUT2D eigenvalue weighted by molar-refractivity contribution is 4.93. The first-order chi connectivity index (χ1) is 7.34. The van der Waals surface area contributed by atoms with Gasteiger partial charge in [-0.2, -0.15) is 5.26 Å². The van der Waals surface area contributed by atoms with Crippen molar-refractivity contribution in [1.82, 2.24) is 9.80 Å². The maximum Gasteiger partial charge on any atom is 0.0638 e. The SMILES string of the molecule is CC1CN(C)CC(CC#N)N(C(C)(C)C)C1. The van der Waals surface area contributed by atoms with Gasteiger partial charge >= 0.3 is 0 Å².